The third-order valence-electron chi connectivity index (χ3n) is 2.32. The fourth-order valence-electron chi connectivity index (χ4n) is 1.24. The van der Waals surface area contributed by atoms with Gasteiger partial charge in [-0.1, -0.05) is 28.9 Å². The first-order valence-corrected chi connectivity index (χ1v) is 5.56. The van der Waals surface area contributed by atoms with Gasteiger partial charge in [0.2, 0.25) is 0 Å². The summed E-state index contributed by atoms with van der Waals surface area (Å²) in [7, 11) is 0. The molecule has 0 amide bonds. The molecule has 1 rings (SSSR count). The smallest absolute Gasteiger partial charge is 0.127 e. The second-order valence-corrected chi connectivity index (χ2v) is 4.53. The average molecular weight is 260 g/mol. The van der Waals surface area contributed by atoms with E-state index in [1.165, 1.54) is 6.07 Å². The van der Waals surface area contributed by atoms with Crippen LogP contribution in [0.5, 0.6) is 0 Å². The fraction of sp³-hybridized carbons (Fsp3) is 0.455. The molecule has 78 valence electrons. The lowest BCUT2D eigenvalue weighted by Gasteiger charge is -2.08. The van der Waals surface area contributed by atoms with E-state index in [-0.39, 0.29) is 5.82 Å². The van der Waals surface area contributed by atoms with Gasteiger partial charge in [-0.15, -0.1) is 0 Å². The summed E-state index contributed by atoms with van der Waals surface area (Å²) < 4.78 is 14.1. The van der Waals surface area contributed by atoms with Crippen LogP contribution in [0.3, 0.4) is 0 Å². The van der Waals surface area contributed by atoms with Crippen LogP contribution in [0, 0.1) is 11.7 Å². The molecule has 2 N–H and O–H groups in total. The Labute approximate surface area is 92.6 Å². The van der Waals surface area contributed by atoms with Crippen molar-refractivity contribution in [2.75, 3.05) is 6.54 Å². The van der Waals surface area contributed by atoms with Gasteiger partial charge in [0.25, 0.3) is 0 Å². The van der Waals surface area contributed by atoms with Crippen molar-refractivity contribution in [3.8, 4) is 0 Å². The maximum atomic E-state index is 13.3. The summed E-state index contributed by atoms with van der Waals surface area (Å²) in [6.07, 6.45) is 1.70. The van der Waals surface area contributed by atoms with Crippen molar-refractivity contribution in [3.63, 3.8) is 0 Å². The van der Waals surface area contributed by atoms with Gasteiger partial charge in [-0.25, -0.2) is 4.39 Å². The monoisotopic (exact) mass is 259 g/mol. The molecule has 1 aromatic carbocycles. The Morgan fingerprint density at radius 3 is 2.79 bits per heavy atom. The molecule has 1 unspecified atom stereocenters. The van der Waals surface area contributed by atoms with Gasteiger partial charge >= 0.3 is 0 Å². The van der Waals surface area contributed by atoms with Crippen LogP contribution in [-0.4, -0.2) is 6.54 Å². The van der Waals surface area contributed by atoms with Crippen LogP contribution in [0.25, 0.3) is 0 Å². The Hall–Kier alpha value is -0.410. The van der Waals surface area contributed by atoms with Crippen molar-refractivity contribution >= 4 is 15.9 Å². The fourth-order valence-corrected chi connectivity index (χ4v) is 1.58. The molecule has 0 fully saturated rings. The van der Waals surface area contributed by atoms with E-state index in [4.69, 9.17) is 5.73 Å². The number of hydrogen-bond donors (Lipinski definition) is 1. The lowest BCUT2D eigenvalue weighted by atomic mass is 10.0. The van der Waals surface area contributed by atoms with Crippen LogP contribution in [0.4, 0.5) is 4.39 Å². The molecule has 1 atom stereocenters. The van der Waals surface area contributed by atoms with E-state index < -0.39 is 0 Å². The topological polar surface area (TPSA) is 26.0 Å². The van der Waals surface area contributed by atoms with Gasteiger partial charge in [-0.3, -0.25) is 0 Å². The van der Waals surface area contributed by atoms with E-state index in [1.54, 1.807) is 0 Å². The average Bonchev–Trinajstić information content (AvgIpc) is 2.16. The third-order valence-corrected chi connectivity index (χ3v) is 2.82. The molecule has 0 aromatic heterocycles. The third kappa shape index (κ3) is 3.39. The molecule has 0 bridgehead atoms. The van der Waals surface area contributed by atoms with Gasteiger partial charge in [0, 0.05) is 4.47 Å². The number of hydrogen-bond acceptors (Lipinski definition) is 1. The molecular weight excluding hydrogens is 245 g/mol. The molecule has 0 saturated carbocycles. The summed E-state index contributed by atoms with van der Waals surface area (Å²) >= 11 is 3.23. The molecule has 0 heterocycles. The van der Waals surface area contributed by atoms with E-state index in [1.807, 2.05) is 12.1 Å². The molecule has 14 heavy (non-hydrogen) atoms. The van der Waals surface area contributed by atoms with Crippen LogP contribution in [0.2, 0.25) is 0 Å². The molecule has 0 aliphatic rings. The number of rotatable bonds is 4. The molecule has 0 aliphatic carbocycles. The van der Waals surface area contributed by atoms with Gasteiger partial charge < -0.3 is 5.73 Å². The van der Waals surface area contributed by atoms with Crippen molar-refractivity contribution < 1.29 is 4.39 Å². The SMILES string of the molecule is CC(CN)CCc1ccc(Br)cc1F. The van der Waals surface area contributed by atoms with Crippen molar-refractivity contribution in [1.29, 1.82) is 0 Å². The summed E-state index contributed by atoms with van der Waals surface area (Å²) in [6.45, 7) is 2.74. The molecule has 1 nitrogen and oxygen atoms in total. The highest BCUT2D eigenvalue weighted by Gasteiger charge is 2.05. The van der Waals surface area contributed by atoms with E-state index in [2.05, 4.69) is 22.9 Å². The molecule has 0 spiro atoms. The van der Waals surface area contributed by atoms with Gasteiger partial charge in [0.1, 0.15) is 5.82 Å². The second-order valence-electron chi connectivity index (χ2n) is 3.62. The highest BCUT2D eigenvalue weighted by atomic mass is 79.9. The number of halogens is 2. The van der Waals surface area contributed by atoms with E-state index in [0.29, 0.717) is 12.5 Å². The largest absolute Gasteiger partial charge is 0.330 e. The van der Waals surface area contributed by atoms with Crippen LogP contribution in [-0.2, 0) is 6.42 Å². The van der Waals surface area contributed by atoms with Crippen LogP contribution >= 0.6 is 15.9 Å². The summed E-state index contributed by atoms with van der Waals surface area (Å²) in [6, 6.07) is 5.19. The van der Waals surface area contributed by atoms with Crippen molar-refractivity contribution in [3.05, 3.63) is 34.1 Å². The summed E-state index contributed by atoms with van der Waals surface area (Å²) in [5, 5.41) is 0. The van der Waals surface area contributed by atoms with Gasteiger partial charge in [-0.2, -0.15) is 0 Å². The molecule has 0 aliphatic heterocycles. The Balaban J connectivity index is 2.59. The summed E-state index contributed by atoms with van der Waals surface area (Å²) in [5.74, 6) is 0.321. The maximum Gasteiger partial charge on any atom is 0.127 e. The predicted molar refractivity (Wildman–Crippen MR) is 60.6 cm³/mol. The van der Waals surface area contributed by atoms with Gasteiger partial charge in [-0.05, 0) is 43.0 Å². The molecule has 3 heteroatoms. The number of nitrogens with two attached hydrogens (primary N) is 1. The zero-order chi connectivity index (χ0) is 10.6. The van der Waals surface area contributed by atoms with Gasteiger partial charge in [0.05, 0.1) is 0 Å². The molecular formula is C11H15BrFN. The highest BCUT2D eigenvalue weighted by Crippen LogP contribution is 2.17. The van der Waals surface area contributed by atoms with E-state index >= 15 is 0 Å². The van der Waals surface area contributed by atoms with Crippen LogP contribution in [0.1, 0.15) is 18.9 Å². The lowest BCUT2D eigenvalue weighted by molar-refractivity contribution is 0.529. The Kier molecular flexibility index (Phi) is 4.55. The standard InChI is InChI=1S/C11H15BrFN/c1-8(7-14)2-3-9-4-5-10(12)6-11(9)13/h4-6,8H,2-3,7,14H2,1H3. The first-order chi connectivity index (χ1) is 6.63. The van der Waals surface area contributed by atoms with E-state index in [9.17, 15) is 4.39 Å². The molecule has 0 saturated heterocycles. The minimum Gasteiger partial charge on any atom is -0.330 e. The molecule has 1 aromatic rings. The highest BCUT2D eigenvalue weighted by molar-refractivity contribution is 9.10. The van der Waals surface area contributed by atoms with Crippen LogP contribution in [0.15, 0.2) is 22.7 Å². The Bertz CT molecular complexity index is 301. The van der Waals surface area contributed by atoms with Crippen LogP contribution < -0.4 is 5.73 Å². The summed E-state index contributed by atoms with van der Waals surface area (Å²) in [5.41, 5.74) is 6.27. The quantitative estimate of drug-likeness (QED) is 0.884. The van der Waals surface area contributed by atoms with Crippen molar-refractivity contribution in [1.82, 2.24) is 0 Å². The first kappa shape index (κ1) is 11.7. The lowest BCUT2D eigenvalue weighted by Crippen LogP contribution is -2.11. The summed E-state index contributed by atoms with van der Waals surface area (Å²) in [4.78, 5) is 0. The second kappa shape index (κ2) is 5.47. The van der Waals surface area contributed by atoms with Gasteiger partial charge in [0.15, 0.2) is 0 Å². The Morgan fingerprint density at radius 2 is 2.21 bits per heavy atom. The normalized spacial score (nSPS) is 12.9. The minimum absolute atomic E-state index is 0.136. The minimum atomic E-state index is -0.136. The maximum absolute atomic E-state index is 13.3. The first-order valence-electron chi connectivity index (χ1n) is 4.77. The zero-order valence-electron chi connectivity index (χ0n) is 8.26. The predicted octanol–water partition coefficient (Wildman–Crippen LogP) is 3.12. The van der Waals surface area contributed by atoms with Crippen molar-refractivity contribution in [2.24, 2.45) is 11.7 Å². The number of aryl methyl sites for hydroxylation is 1. The molecule has 0 radical (unpaired) electrons. The van der Waals surface area contributed by atoms with E-state index in [0.717, 1.165) is 22.9 Å². The zero-order valence-corrected chi connectivity index (χ0v) is 9.85. The van der Waals surface area contributed by atoms with Crippen molar-refractivity contribution in [2.45, 2.75) is 19.8 Å². The Morgan fingerprint density at radius 1 is 1.50 bits per heavy atom. The number of benzene rings is 1.